The number of nitrogens with one attached hydrogen (secondary N) is 1. The van der Waals surface area contributed by atoms with Crippen LogP contribution < -0.4 is 5.32 Å². The molecule has 0 aliphatic heterocycles. The van der Waals surface area contributed by atoms with Gasteiger partial charge in [-0.25, -0.2) is 0 Å². The second kappa shape index (κ2) is 8.44. The minimum atomic E-state index is -0.00479. The third-order valence-electron chi connectivity index (χ3n) is 2.11. The van der Waals surface area contributed by atoms with Crippen LogP contribution in [0, 0.1) is 0 Å². The van der Waals surface area contributed by atoms with Crippen molar-refractivity contribution < 1.29 is 9.90 Å². The van der Waals surface area contributed by atoms with Crippen molar-refractivity contribution in [1.29, 1.82) is 0 Å². The van der Waals surface area contributed by atoms with Gasteiger partial charge in [0.25, 0.3) is 0 Å². The van der Waals surface area contributed by atoms with Gasteiger partial charge in [-0.2, -0.15) is 0 Å². The number of hydrogen-bond donors (Lipinski definition) is 2. The number of carbonyl (C=O) groups is 1. The Morgan fingerprint density at radius 3 is 2.80 bits per heavy atom. The lowest BCUT2D eigenvalue weighted by atomic mass is 10.2. The molecule has 1 unspecified atom stereocenters. The maximum Gasteiger partial charge on any atom is 0.224 e. The SMILES string of the molecule is C=CCN(CCO)C(=O)CC(C)NCC. The smallest absolute Gasteiger partial charge is 0.224 e. The first-order valence-corrected chi connectivity index (χ1v) is 5.38. The van der Waals surface area contributed by atoms with Crippen LogP contribution in [0.5, 0.6) is 0 Å². The average Bonchev–Trinajstić information content (AvgIpc) is 2.17. The molecule has 88 valence electrons. The van der Waals surface area contributed by atoms with Crippen LogP contribution in [-0.2, 0) is 4.79 Å². The molecule has 15 heavy (non-hydrogen) atoms. The van der Waals surface area contributed by atoms with Gasteiger partial charge in [-0.3, -0.25) is 4.79 Å². The molecule has 1 amide bonds. The lowest BCUT2D eigenvalue weighted by Gasteiger charge is -2.22. The molecule has 1 atom stereocenters. The van der Waals surface area contributed by atoms with E-state index in [9.17, 15) is 4.79 Å². The largest absolute Gasteiger partial charge is 0.395 e. The molecule has 0 saturated heterocycles. The van der Waals surface area contributed by atoms with Crippen molar-refractivity contribution in [2.45, 2.75) is 26.3 Å². The van der Waals surface area contributed by atoms with E-state index in [1.807, 2.05) is 13.8 Å². The third-order valence-corrected chi connectivity index (χ3v) is 2.11. The number of aliphatic hydroxyl groups is 1. The van der Waals surface area contributed by atoms with Crippen molar-refractivity contribution in [3.63, 3.8) is 0 Å². The maximum atomic E-state index is 11.7. The summed E-state index contributed by atoms with van der Waals surface area (Å²) in [6, 6.07) is 0.175. The van der Waals surface area contributed by atoms with Gasteiger partial charge in [-0.1, -0.05) is 13.0 Å². The van der Waals surface area contributed by atoms with Crippen LogP contribution in [0.3, 0.4) is 0 Å². The van der Waals surface area contributed by atoms with Crippen molar-refractivity contribution in [3.8, 4) is 0 Å². The van der Waals surface area contributed by atoms with Crippen LogP contribution in [0.1, 0.15) is 20.3 Å². The standard InChI is InChI=1S/C11H22N2O2/c1-4-6-13(7-8-14)11(15)9-10(3)12-5-2/h4,10,12,14H,1,5-9H2,2-3H3. The van der Waals surface area contributed by atoms with Crippen LogP contribution in [0.4, 0.5) is 0 Å². The Morgan fingerprint density at radius 2 is 2.33 bits per heavy atom. The summed E-state index contributed by atoms with van der Waals surface area (Å²) in [5.74, 6) is 0.0531. The maximum absolute atomic E-state index is 11.7. The highest BCUT2D eigenvalue weighted by Crippen LogP contribution is 1.98. The molecule has 2 N–H and O–H groups in total. The highest BCUT2D eigenvalue weighted by atomic mass is 16.3. The summed E-state index contributed by atoms with van der Waals surface area (Å²) in [4.78, 5) is 13.3. The van der Waals surface area contributed by atoms with Crippen LogP contribution in [-0.4, -0.2) is 48.2 Å². The van der Waals surface area contributed by atoms with E-state index in [1.165, 1.54) is 0 Å². The molecular weight excluding hydrogens is 192 g/mol. The molecule has 0 saturated carbocycles. The van der Waals surface area contributed by atoms with Crippen molar-refractivity contribution in [1.82, 2.24) is 10.2 Å². The number of carbonyl (C=O) groups excluding carboxylic acids is 1. The van der Waals surface area contributed by atoms with E-state index in [-0.39, 0.29) is 18.6 Å². The summed E-state index contributed by atoms with van der Waals surface area (Å²) < 4.78 is 0. The average molecular weight is 214 g/mol. The lowest BCUT2D eigenvalue weighted by molar-refractivity contribution is -0.131. The highest BCUT2D eigenvalue weighted by molar-refractivity contribution is 5.76. The zero-order valence-electron chi connectivity index (χ0n) is 9.70. The summed E-state index contributed by atoms with van der Waals surface area (Å²) >= 11 is 0. The van der Waals surface area contributed by atoms with Crippen LogP contribution in [0.2, 0.25) is 0 Å². The Bertz CT molecular complexity index is 195. The van der Waals surface area contributed by atoms with Gasteiger partial charge in [0.2, 0.25) is 5.91 Å². The molecule has 0 bridgehead atoms. The van der Waals surface area contributed by atoms with E-state index in [1.54, 1.807) is 11.0 Å². The molecule has 0 spiro atoms. The van der Waals surface area contributed by atoms with Gasteiger partial charge in [-0.05, 0) is 13.5 Å². The van der Waals surface area contributed by atoms with Gasteiger partial charge in [0.05, 0.1) is 6.61 Å². The molecular formula is C11H22N2O2. The Kier molecular flexibility index (Phi) is 7.95. The molecule has 0 rings (SSSR count). The zero-order valence-corrected chi connectivity index (χ0v) is 9.70. The van der Waals surface area contributed by atoms with E-state index in [2.05, 4.69) is 11.9 Å². The van der Waals surface area contributed by atoms with Crippen molar-refractivity contribution in [2.75, 3.05) is 26.2 Å². The molecule has 0 heterocycles. The van der Waals surface area contributed by atoms with E-state index < -0.39 is 0 Å². The van der Waals surface area contributed by atoms with Gasteiger partial charge in [0.15, 0.2) is 0 Å². The van der Waals surface area contributed by atoms with Crippen LogP contribution in [0.15, 0.2) is 12.7 Å². The molecule has 0 aliphatic rings. The summed E-state index contributed by atoms with van der Waals surface area (Å²) in [5.41, 5.74) is 0. The number of nitrogens with zero attached hydrogens (tertiary/aromatic N) is 1. The molecule has 4 nitrogen and oxygen atoms in total. The molecule has 0 fully saturated rings. The molecule has 0 aliphatic carbocycles. The Labute approximate surface area is 92.0 Å². The minimum Gasteiger partial charge on any atom is -0.395 e. The predicted molar refractivity (Wildman–Crippen MR) is 61.6 cm³/mol. The molecule has 0 aromatic rings. The zero-order chi connectivity index (χ0) is 11.7. The fourth-order valence-electron chi connectivity index (χ4n) is 1.41. The van der Waals surface area contributed by atoms with E-state index in [0.717, 1.165) is 6.54 Å². The molecule has 0 aromatic heterocycles. The monoisotopic (exact) mass is 214 g/mol. The van der Waals surface area contributed by atoms with Gasteiger partial charge >= 0.3 is 0 Å². The summed E-state index contributed by atoms with van der Waals surface area (Å²) in [6.07, 6.45) is 2.13. The van der Waals surface area contributed by atoms with E-state index >= 15 is 0 Å². The van der Waals surface area contributed by atoms with Gasteiger partial charge in [-0.15, -0.1) is 6.58 Å². The summed E-state index contributed by atoms with van der Waals surface area (Å²) in [7, 11) is 0. The van der Waals surface area contributed by atoms with E-state index in [0.29, 0.717) is 19.5 Å². The first-order valence-electron chi connectivity index (χ1n) is 5.38. The molecule has 0 radical (unpaired) electrons. The van der Waals surface area contributed by atoms with Crippen molar-refractivity contribution in [3.05, 3.63) is 12.7 Å². The lowest BCUT2D eigenvalue weighted by Crippen LogP contribution is -2.38. The second-order valence-corrected chi connectivity index (χ2v) is 3.51. The number of rotatable bonds is 8. The first-order chi connectivity index (χ1) is 7.15. The summed E-state index contributed by atoms with van der Waals surface area (Å²) in [5, 5.41) is 12.0. The van der Waals surface area contributed by atoms with Gasteiger partial charge < -0.3 is 15.3 Å². The Balaban J connectivity index is 4.05. The highest BCUT2D eigenvalue weighted by Gasteiger charge is 2.14. The first kappa shape index (κ1) is 14.1. The fraction of sp³-hybridized carbons (Fsp3) is 0.727. The normalized spacial score (nSPS) is 12.2. The minimum absolute atomic E-state index is 0.00479. The number of hydrogen-bond acceptors (Lipinski definition) is 3. The number of aliphatic hydroxyl groups excluding tert-OH is 1. The van der Waals surface area contributed by atoms with Crippen molar-refractivity contribution >= 4 is 5.91 Å². The predicted octanol–water partition coefficient (Wildman–Crippen LogP) is 0.381. The fourth-order valence-corrected chi connectivity index (χ4v) is 1.41. The summed E-state index contributed by atoms with van der Waals surface area (Å²) in [6.45, 7) is 9.31. The number of amides is 1. The van der Waals surface area contributed by atoms with Gasteiger partial charge in [0, 0.05) is 25.6 Å². The quantitative estimate of drug-likeness (QED) is 0.574. The molecule has 0 aromatic carbocycles. The topological polar surface area (TPSA) is 52.6 Å². The second-order valence-electron chi connectivity index (χ2n) is 3.51. The Hall–Kier alpha value is -0.870. The van der Waals surface area contributed by atoms with E-state index in [4.69, 9.17) is 5.11 Å². The van der Waals surface area contributed by atoms with Crippen LogP contribution >= 0.6 is 0 Å². The molecule has 4 heteroatoms. The van der Waals surface area contributed by atoms with Gasteiger partial charge in [0.1, 0.15) is 0 Å². The van der Waals surface area contributed by atoms with Crippen molar-refractivity contribution in [2.24, 2.45) is 0 Å². The Morgan fingerprint density at radius 1 is 1.67 bits per heavy atom. The van der Waals surface area contributed by atoms with Crippen LogP contribution in [0.25, 0.3) is 0 Å². The third kappa shape index (κ3) is 6.25.